The molecule has 1 saturated carbocycles. The van der Waals surface area contributed by atoms with Crippen molar-refractivity contribution < 1.29 is 9.37 Å². The first-order chi connectivity index (χ1) is 10.4. The number of anilines is 2. The molecule has 0 atom stereocenters. The van der Waals surface area contributed by atoms with Crippen LogP contribution < -0.4 is 10.2 Å². The minimum atomic E-state index is 0.451. The summed E-state index contributed by atoms with van der Waals surface area (Å²) in [4.78, 5) is 11.3. The maximum atomic E-state index is 5.41. The summed E-state index contributed by atoms with van der Waals surface area (Å²) in [6, 6.07) is 0.469. The molecule has 2 aromatic heterocycles. The van der Waals surface area contributed by atoms with E-state index in [-0.39, 0.29) is 0 Å². The Hall–Kier alpha value is -1.96. The van der Waals surface area contributed by atoms with Gasteiger partial charge in [-0.3, -0.25) is 0 Å². The van der Waals surface area contributed by atoms with Crippen LogP contribution in [0.3, 0.4) is 0 Å². The molecule has 21 heavy (non-hydrogen) atoms. The van der Waals surface area contributed by atoms with Crippen molar-refractivity contribution in [2.75, 3.05) is 36.5 Å². The number of hydrogen-bond acceptors (Lipinski definition) is 8. The Morgan fingerprint density at radius 3 is 2.48 bits per heavy atom. The van der Waals surface area contributed by atoms with Gasteiger partial charge in [-0.05, 0) is 23.2 Å². The molecule has 1 saturated heterocycles. The third-order valence-electron chi connectivity index (χ3n) is 4.10. The maximum Gasteiger partial charge on any atom is 0.245 e. The van der Waals surface area contributed by atoms with Crippen LogP contribution in [-0.4, -0.2) is 52.6 Å². The minimum Gasteiger partial charge on any atom is -0.378 e. The number of fused-ring (bicyclic) bond motifs is 1. The average molecular weight is 290 g/mol. The van der Waals surface area contributed by atoms with E-state index in [0.29, 0.717) is 30.5 Å². The van der Waals surface area contributed by atoms with Crippen LogP contribution in [0.1, 0.15) is 25.7 Å². The first-order valence-corrected chi connectivity index (χ1v) is 7.50. The van der Waals surface area contributed by atoms with Crippen molar-refractivity contribution in [3.63, 3.8) is 0 Å². The van der Waals surface area contributed by atoms with Gasteiger partial charge in [0.1, 0.15) is 0 Å². The summed E-state index contributed by atoms with van der Waals surface area (Å²) in [6.07, 6.45) is 4.90. The van der Waals surface area contributed by atoms with E-state index in [9.17, 15) is 0 Å². The van der Waals surface area contributed by atoms with Gasteiger partial charge in [0.2, 0.25) is 11.3 Å². The molecule has 0 amide bonds. The fourth-order valence-electron chi connectivity index (χ4n) is 2.99. The van der Waals surface area contributed by atoms with E-state index in [1.807, 2.05) is 0 Å². The van der Waals surface area contributed by atoms with Crippen molar-refractivity contribution in [2.45, 2.75) is 31.7 Å². The van der Waals surface area contributed by atoms with E-state index >= 15 is 0 Å². The predicted molar refractivity (Wildman–Crippen MR) is 76.3 cm³/mol. The molecule has 3 heterocycles. The third-order valence-corrected chi connectivity index (χ3v) is 4.10. The van der Waals surface area contributed by atoms with Crippen molar-refractivity contribution in [2.24, 2.45) is 0 Å². The van der Waals surface area contributed by atoms with Gasteiger partial charge < -0.3 is 15.0 Å². The lowest BCUT2D eigenvalue weighted by Crippen LogP contribution is -2.37. The van der Waals surface area contributed by atoms with E-state index in [2.05, 4.69) is 30.5 Å². The van der Waals surface area contributed by atoms with Gasteiger partial charge in [-0.15, -0.1) is 0 Å². The summed E-state index contributed by atoms with van der Waals surface area (Å²) in [5.74, 6) is 1.61. The first-order valence-electron chi connectivity index (χ1n) is 7.50. The van der Waals surface area contributed by atoms with E-state index in [1.165, 1.54) is 25.7 Å². The summed E-state index contributed by atoms with van der Waals surface area (Å²) < 4.78 is 10.1. The molecule has 0 spiro atoms. The molecule has 1 aliphatic carbocycles. The zero-order chi connectivity index (χ0) is 14.1. The Kier molecular flexibility index (Phi) is 3.30. The number of morpholine rings is 1. The molecule has 2 aromatic rings. The van der Waals surface area contributed by atoms with Crippen LogP contribution in [0.25, 0.3) is 11.3 Å². The fraction of sp³-hybridized carbons (Fsp3) is 0.692. The number of ether oxygens (including phenoxy) is 1. The third kappa shape index (κ3) is 2.51. The van der Waals surface area contributed by atoms with Crippen LogP contribution in [0.2, 0.25) is 0 Å². The van der Waals surface area contributed by atoms with Gasteiger partial charge in [-0.25, -0.2) is 14.6 Å². The lowest BCUT2D eigenvalue weighted by atomic mass is 10.2. The lowest BCUT2D eigenvalue weighted by Gasteiger charge is -2.29. The number of rotatable bonds is 3. The summed E-state index contributed by atoms with van der Waals surface area (Å²) in [5, 5.41) is 11.1. The number of hydrogen-bond donors (Lipinski definition) is 1. The second kappa shape index (κ2) is 5.44. The zero-order valence-electron chi connectivity index (χ0n) is 11.8. The van der Waals surface area contributed by atoms with Crippen molar-refractivity contribution in [3.8, 4) is 0 Å². The predicted octanol–water partition coefficient (Wildman–Crippen LogP) is 1.20. The number of nitrogens with zero attached hydrogens (tertiary/aromatic N) is 5. The fourth-order valence-corrected chi connectivity index (χ4v) is 2.99. The van der Waals surface area contributed by atoms with Gasteiger partial charge in [-0.1, -0.05) is 12.8 Å². The second-order valence-electron chi connectivity index (χ2n) is 5.53. The number of nitrogens with one attached hydrogen (secondary N) is 1. The highest BCUT2D eigenvalue weighted by Gasteiger charge is 2.23. The summed E-state index contributed by atoms with van der Waals surface area (Å²) in [7, 11) is 0. The molecule has 0 bridgehead atoms. The molecule has 0 aromatic carbocycles. The molecule has 1 aliphatic heterocycles. The van der Waals surface area contributed by atoms with Crippen LogP contribution in [-0.2, 0) is 4.74 Å². The van der Waals surface area contributed by atoms with Gasteiger partial charge >= 0.3 is 0 Å². The van der Waals surface area contributed by atoms with E-state index in [4.69, 9.17) is 9.37 Å². The molecule has 0 radical (unpaired) electrons. The highest BCUT2D eigenvalue weighted by atomic mass is 16.6. The van der Waals surface area contributed by atoms with E-state index < -0.39 is 0 Å². The Bertz CT molecular complexity index is 618. The second-order valence-corrected chi connectivity index (χ2v) is 5.53. The summed E-state index contributed by atoms with van der Waals surface area (Å²) >= 11 is 0. The van der Waals surface area contributed by atoms with Crippen molar-refractivity contribution in [1.29, 1.82) is 0 Å². The molecular formula is C13H18N6O2. The quantitative estimate of drug-likeness (QED) is 0.902. The standard InChI is InChI=1S/C13H18N6O2/c1-2-4-9(3-1)14-12-13(19-5-7-20-8-6-19)16-11-10(15-12)17-21-18-11/h9H,1-8H2,(H,14,15,17). The Balaban J connectivity index is 1.69. The van der Waals surface area contributed by atoms with Crippen LogP contribution in [0.4, 0.5) is 11.6 Å². The molecule has 4 rings (SSSR count). The molecule has 2 aliphatic rings. The largest absolute Gasteiger partial charge is 0.378 e. The van der Waals surface area contributed by atoms with Crippen molar-refractivity contribution >= 4 is 22.9 Å². The monoisotopic (exact) mass is 290 g/mol. The minimum absolute atomic E-state index is 0.451. The molecule has 0 unspecified atom stereocenters. The lowest BCUT2D eigenvalue weighted by molar-refractivity contribution is 0.122. The van der Waals surface area contributed by atoms with Crippen molar-refractivity contribution in [3.05, 3.63) is 0 Å². The van der Waals surface area contributed by atoms with Gasteiger partial charge in [0.05, 0.1) is 13.2 Å². The molecule has 1 N–H and O–H groups in total. The molecule has 112 valence electrons. The molecular weight excluding hydrogens is 272 g/mol. The highest BCUT2D eigenvalue weighted by molar-refractivity contribution is 5.74. The van der Waals surface area contributed by atoms with Crippen LogP contribution in [0, 0.1) is 0 Å². The van der Waals surface area contributed by atoms with Crippen LogP contribution in [0.15, 0.2) is 4.63 Å². The average Bonchev–Trinajstić information content (AvgIpc) is 3.18. The van der Waals surface area contributed by atoms with Gasteiger partial charge in [0, 0.05) is 19.1 Å². The van der Waals surface area contributed by atoms with Crippen LogP contribution in [0.5, 0.6) is 0 Å². The Labute approximate surface area is 121 Å². The summed E-state index contributed by atoms with van der Waals surface area (Å²) in [6.45, 7) is 3.04. The van der Waals surface area contributed by atoms with Gasteiger partial charge in [0.15, 0.2) is 11.6 Å². The first kappa shape index (κ1) is 12.8. The maximum absolute atomic E-state index is 5.41. The number of aromatic nitrogens is 4. The van der Waals surface area contributed by atoms with E-state index in [0.717, 1.165) is 24.7 Å². The topological polar surface area (TPSA) is 89.2 Å². The van der Waals surface area contributed by atoms with Crippen molar-refractivity contribution in [1.82, 2.24) is 20.3 Å². The normalized spacial score (nSPS) is 20.3. The SMILES string of the molecule is C1CCC(Nc2nc3nonc3nc2N2CCOCC2)C1. The van der Waals surface area contributed by atoms with Gasteiger partial charge in [-0.2, -0.15) is 0 Å². The molecule has 8 heteroatoms. The Morgan fingerprint density at radius 2 is 1.71 bits per heavy atom. The smallest absolute Gasteiger partial charge is 0.245 e. The molecule has 2 fully saturated rings. The highest BCUT2D eigenvalue weighted by Crippen LogP contribution is 2.28. The van der Waals surface area contributed by atoms with Gasteiger partial charge in [0.25, 0.3) is 0 Å². The Morgan fingerprint density at radius 1 is 1.00 bits per heavy atom. The van der Waals surface area contributed by atoms with E-state index in [1.54, 1.807) is 0 Å². The van der Waals surface area contributed by atoms with Crippen LogP contribution >= 0.6 is 0 Å². The zero-order valence-corrected chi connectivity index (χ0v) is 11.8. The molecule has 8 nitrogen and oxygen atoms in total. The summed E-state index contributed by atoms with van der Waals surface area (Å²) in [5.41, 5.74) is 0.904.